The van der Waals surface area contributed by atoms with Gasteiger partial charge in [0.2, 0.25) is 5.91 Å². The number of halogens is 9. The lowest BCUT2D eigenvalue weighted by Gasteiger charge is -2.43. The predicted octanol–water partition coefficient (Wildman–Crippen LogP) is 5.57. The molecule has 2 fully saturated rings. The maximum atomic E-state index is 14.1. The second-order valence-electron chi connectivity index (χ2n) is 9.30. The molecule has 2 unspecified atom stereocenters. The summed E-state index contributed by atoms with van der Waals surface area (Å²) in [6, 6.07) is -0.153. The Bertz CT molecular complexity index is 1260. The Morgan fingerprint density at radius 3 is 2.13 bits per heavy atom. The van der Waals surface area contributed by atoms with Crippen molar-refractivity contribution < 1.29 is 42.2 Å². The third-order valence-electron chi connectivity index (χ3n) is 6.79. The SMILES string of the molecule is [B][C@@](C(=O)N[C@H]1CC2CC1CC2(F)F)(c1cncnc1)N(C(=O)[C@H](F)Cl)c1ccc(S(F)(F)(F)(F)F)cc1. The van der Waals surface area contributed by atoms with Gasteiger partial charge in [0, 0.05) is 42.0 Å². The summed E-state index contributed by atoms with van der Waals surface area (Å²) in [5.41, 5.74) is -6.75. The van der Waals surface area contributed by atoms with Crippen LogP contribution in [0, 0.1) is 11.8 Å². The smallest absolute Gasteiger partial charge is 0.310 e. The molecular weight excluding hydrogens is 571 g/mol. The molecule has 0 spiro atoms. The molecule has 1 aromatic carbocycles. The van der Waals surface area contributed by atoms with E-state index in [9.17, 15) is 42.2 Å². The molecule has 2 aliphatic rings. The molecule has 2 saturated carbocycles. The van der Waals surface area contributed by atoms with E-state index < -0.39 is 73.9 Å². The van der Waals surface area contributed by atoms with Gasteiger partial charge in [0.25, 0.3) is 17.5 Å². The quantitative estimate of drug-likeness (QED) is 0.261. The van der Waals surface area contributed by atoms with Crippen molar-refractivity contribution in [2.75, 3.05) is 4.90 Å². The Labute approximate surface area is 217 Å². The van der Waals surface area contributed by atoms with Crippen LogP contribution in [-0.2, 0) is 15.0 Å². The van der Waals surface area contributed by atoms with Crippen LogP contribution in [0.25, 0.3) is 0 Å². The van der Waals surface area contributed by atoms with Crippen molar-refractivity contribution in [2.24, 2.45) is 11.8 Å². The third kappa shape index (κ3) is 5.16. The van der Waals surface area contributed by atoms with E-state index in [0.29, 0.717) is 12.1 Å². The summed E-state index contributed by atoms with van der Waals surface area (Å²) in [4.78, 5) is 31.7. The van der Waals surface area contributed by atoms with Crippen LogP contribution in [-0.4, -0.2) is 47.2 Å². The molecule has 2 aromatic rings. The average molecular weight is 589 g/mol. The fraction of sp³-hybridized carbons (Fsp3) is 0.429. The summed E-state index contributed by atoms with van der Waals surface area (Å²) in [6.07, 6.45) is 2.38. The Hall–Kier alpha value is -2.62. The summed E-state index contributed by atoms with van der Waals surface area (Å²) in [6.45, 7) is 0. The summed E-state index contributed by atoms with van der Waals surface area (Å²) in [5, 5.41) is 2.47. The molecule has 2 radical (unpaired) electrons. The topological polar surface area (TPSA) is 75.2 Å². The zero-order valence-electron chi connectivity index (χ0n) is 19.0. The van der Waals surface area contributed by atoms with Crippen molar-refractivity contribution in [3.05, 3.63) is 48.5 Å². The normalized spacial score (nSPS) is 26.5. The van der Waals surface area contributed by atoms with Gasteiger partial charge in [0.05, 0.1) is 0 Å². The molecule has 2 aliphatic carbocycles. The number of hydrogen-bond acceptors (Lipinski definition) is 4. The van der Waals surface area contributed by atoms with Gasteiger partial charge in [-0.2, -0.15) is 0 Å². The number of nitrogens with one attached hydrogen (secondary N) is 1. The number of carbonyl (C=O) groups is 2. The van der Waals surface area contributed by atoms with E-state index in [2.05, 4.69) is 15.3 Å². The van der Waals surface area contributed by atoms with Crippen LogP contribution in [0.4, 0.5) is 38.3 Å². The maximum Gasteiger partial charge on any atom is 0.310 e. The molecule has 5 atom stereocenters. The van der Waals surface area contributed by atoms with Crippen LogP contribution in [0.15, 0.2) is 47.9 Å². The molecule has 6 nitrogen and oxygen atoms in total. The Balaban J connectivity index is 1.79. The zero-order chi connectivity index (χ0) is 28.4. The summed E-state index contributed by atoms with van der Waals surface area (Å²) >= 11 is 5.32. The number of carbonyl (C=O) groups excluding carboxylic acids is 2. The predicted molar refractivity (Wildman–Crippen MR) is 123 cm³/mol. The highest BCUT2D eigenvalue weighted by atomic mass is 35.5. The van der Waals surface area contributed by atoms with Gasteiger partial charge < -0.3 is 5.32 Å². The summed E-state index contributed by atoms with van der Waals surface area (Å²) in [5.74, 6) is -7.55. The van der Waals surface area contributed by atoms with Gasteiger partial charge >= 0.3 is 10.2 Å². The lowest BCUT2D eigenvalue weighted by molar-refractivity contribution is -0.130. The number of rotatable bonds is 7. The van der Waals surface area contributed by atoms with Crippen molar-refractivity contribution in [2.45, 2.75) is 47.2 Å². The minimum absolute atomic E-state index is 0.0591. The van der Waals surface area contributed by atoms with Gasteiger partial charge in [0.1, 0.15) is 24.5 Å². The lowest BCUT2D eigenvalue weighted by atomic mass is 9.69. The molecular formula is C21H18BClF8N4O2S. The Morgan fingerprint density at radius 1 is 1.11 bits per heavy atom. The molecule has 206 valence electrons. The largest absolute Gasteiger partial charge is 0.351 e. The van der Waals surface area contributed by atoms with Gasteiger partial charge in [-0.1, -0.05) is 31.0 Å². The van der Waals surface area contributed by atoms with Crippen molar-refractivity contribution >= 4 is 47.2 Å². The van der Waals surface area contributed by atoms with Crippen LogP contribution in [0.1, 0.15) is 24.8 Å². The van der Waals surface area contributed by atoms with Crippen molar-refractivity contribution in [1.82, 2.24) is 15.3 Å². The minimum Gasteiger partial charge on any atom is -0.351 e. The van der Waals surface area contributed by atoms with E-state index in [1.54, 1.807) is 0 Å². The van der Waals surface area contributed by atoms with Crippen molar-refractivity contribution in [1.29, 1.82) is 0 Å². The summed E-state index contributed by atoms with van der Waals surface area (Å²) in [7, 11) is -3.77. The number of aromatic nitrogens is 2. The number of fused-ring (bicyclic) bond motifs is 2. The first-order chi connectivity index (χ1) is 17.2. The molecule has 4 rings (SSSR count). The number of hydrogen-bond donors (Lipinski definition) is 1. The molecule has 2 bridgehead atoms. The second-order valence-corrected chi connectivity index (χ2v) is 12.1. The molecule has 0 aliphatic heterocycles. The number of amides is 2. The van der Waals surface area contributed by atoms with Crippen LogP contribution in [0.3, 0.4) is 0 Å². The first kappa shape index (κ1) is 28.4. The highest BCUT2D eigenvalue weighted by molar-refractivity contribution is 8.45. The van der Waals surface area contributed by atoms with E-state index in [4.69, 9.17) is 19.4 Å². The minimum atomic E-state index is -10.1. The number of anilines is 1. The highest BCUT2D eigenvalue weighted by Crippen LogP contribution is 3.02. The van der Waals surface area contributed by atoms with Crippen molar-refractivity contribution in [3.8, 4) is 0 Å². The third-order valence-corrected chi connectivity index (χ3v) is 8.14. The zero-order valence-corrected chi connectivity index (χ0v) is 20.6. The Morgan fingerprint density at radius 2 is 1.68 bits per heavy atom. The summed E-state index contributed by atoms with van der Waals surface area (Å²) < 4.78 is 108. The van der Waals surface area contributed by atoms with E-state index in [1.165, 1.54) is 0 Å². The monoisotopic (exact) mass is 588 g/mol. The van der Waals surface area contributed by atoms with E-state index in [-0.39, 0.29) is 35.4 Å². The van der Waals surface area contributed by atoms with Crippen LogP contribution >= 0.6 is 21.8 Å². The molecule has 1 N–H and O–H groups in total. The fourth-order valence-electron chi connectivity index (χ4n) is 4.98. The number of alkyl halides is 4. The molecule has 2 amide bonds. The Kier molecular flexibility index (Phi) is 6.31. The molecule has 1 heterocycles. The number of nitrogens with zero attached hydrogens (tertiary/aromatic N) is 3. The molecule has 17 heteroatoms. The number of benzene rings is 1. The fourth-order valence-corrected chi connectivity index (χ4v) is 5.73. The van der Waals surface area contributed by atoms with Crippen LogP contribution in [0.2, 0.25) is 0 Å². The van der Waals surface area contributed by atoms with E-state index in [0.717, 1.165) is 18.7 Å². The second kappa shape index (κ2) is 8.44. The van der Waals surface area contributed by atoms with Crippen LogP contribution in [0.5, 0.6) is 0 Å². The maximum absolute atomic E-state index is 14.1. The molecule has 38 heavy (non-hydrogen) atoms. The standard InChI is InChI=1S/C21H18BClF8N4O2S/c22-21(13-8-32-10-33-9-13,19(37)34-16-6-12-5-11(16)7-20(12,25)26)35(18(36)17(23)24)14-1-3-15(4-2-14)38(27,28,29,30)31/h1-4,8-12,16-17H,5-7H2,(H,34,37)/t11?,12?,16-,17-,21-/m0/s1. The van der Waals surface area contributed by atoms with Gasteiger partial charge in [-0.25, -0.2) is 23.1 Å². The highest BCUT2D eigenvalue weighted by Gasteiger charge is 2.65. The van der Waals surface area contributed by atoms with E-state index in [1.807, 2.05) is 0 Å². The van der Waals surface area contributed by atoms with Gasteiger partial charge in [0.15, 0.2) is 0 Å². The molecule has 0 saturated heterocycles. The lowest BCUT2D eigenvalue weighted by Crippen LogP contribution is -2.62. The first-order valence-corrected chi connectivity index (χ1v) is 13.3. The van der Waals surface area contributed by atoms with Gasteiger partial charge in [-0.3, -0.25) is 14.5 Å². The van der Waals surface area contributed by atoms with E-state index >= 15 is 0 Å². The van der Waals surface area contributed by atoms with Gasteiger partial charge in [-0.05, 0) is 43.0 Å². The average Bonchev–Trinajstić information content (AvgIpc) is 3.34. The van der Waals surface area contributed by atoms with Gasteiger partial charge in [-0.15, -0.1) is 0 Å². The first-order valence-electron chi connectivity index (χ1n) is 10.9. The molecule has 1 aromatic heterocycles. The van der Waals surface area contributed by atoms with Crippen LogP contribution < -0.4 is 10.2 Å². The van der Waals surface area contributed by atoms with Crippen molar-refractivity contribution in [3.63, 3.8) is 0 Å².